The average molecular weight is 264 g/mol. The van der Waals surface area contributed by atoms with E-state index in [0.29, 0.717) is 12.0 Å². The number of aliphatic hydroxyl groups excluding tert-OH is 1. The van der Waals surface area contributed by atoms with E-state index in [0.717, 1.165) is 27.1 Å². The monoisotopic (exact) mass is 264 g/mol. The molecule has 0 saturated carbocycles. The first-order valence-corrected chi connectivity index (χ1v) is 6.45. The molecule has 3 nitrogen and oxygen atoms in total. The highest BCUT2D eigenvalue weighted by Gasteiger charge is 2.20. The zero-order valence-electron chi connectivity index (χ0n) is 10.6. The summed E-state index contributed by atoms with van der Waals surface area (Å²) in [5, 5.41) is 31.6. The summed E-state index contributed by atoms with van der Waals surface area (Å²) < 4.78 is 0. The number of aliphatic hydroxyl groups is 1. The summed E-state index contributed by atoms with van der Waals surface area (Å²) in [5.74, 6) is 0.562. The Morgan fingerprint density at radius 3 is 2.55 bits per heavy atom. The summed E-state index contributed by atoms with van der Waals surface area (Å²) in [6.45, 7) is 0. The Balaban J connectivity index is 2.12. The van der Waals surface area contributed by atoms with Crippen LogP contribution in [0.2, 0.25) is 0 Å². The SMILES string of the molecule is OC1=CC=c2c1cc(O)c1c2=CCc2cc(O)ccc2-1. The molecular formula is C17H12O3. The highest BCUT2D eigenvalue weighted by molar-refractivity contribution is 5.84. The maximum atomic E-state index is 10.3. The molecule has 0 fully saturated rings. The molecule has 0 saturated heterocycles. The lowest BCUT2D eigenvalue weighted by atomic mass is 9.88. The molecule has 2 aromatic rings. The van der Waals surface area contributed by atoms with E-state index in [2.05, 4.69) is 0 Å². The molecule has 2 aliphatic rings. The summed E-state index contributed by atoms with van der Waals surface area (Å²) in [5.41, 5.74) is 3.35. The van der Waals surface area contributed by atoms with Crippen LogP contribution in [0.25, 0.3) is 29.0 Å². The van der Waals surface area contributed by atoms with Crippen LogP contribution in [0.5, 0.6) is 11.5 Å². The van der Waals surface area contributed by atoms with Crippen molar-refractivity contribution < 1.29 is 15.3 Å². The lowest BCUT2D eigenvalue weighted by molar-refractivity contribution is 0.472. The van der Waals surface area contributed by atoms with E-state index in [1.54, 1.807) is 24.3 Å². The normalized spacial score (nSPS) is 14.5. The molecule has 0 radical (unpaired) electrons. The molecule has 4 rings (SSSR count). The first kappa shape index (κ1) is 11.2. The fourth-order valence-electron chi connectivity index (χ4n) is 3.05. The van der Waals surface area contributed by atoms with Crippen molar-refractivity contribution in [2.75, 3.05) is 0 Å². The minimum Gasteiger partial charge on any atom is -0.508 e. The molecule has 2 aromatic carbocycles. The molecule has 0 spiro atoms. The van der Waals surface area contributed by atoms with Crippen molar-refractivity contribution in [3.05, 3.63) is 51.9 Å². The van der Waals surface area contributed by atoms with E-state index >= 15 is 0 Å². The largest absolute Gasteiger partial charge is 0.508 e. The molecule has 3 N–H and O–H groups in total. The van der Waals surface area contributed by atoms with Gasteiger partial charge in [0.2, 0.25) is 0 Å². The predicted molar refractivity (Wildman–Crippen MR) is 77.7 cm³/mol. The summed E-state index contributed by atoms with van der Waals surface area (Å²) >= 11 is 0. The van der Waals surface area contributed by atoms with E-state index in [1.165, 1.54) is 0 Å². The smallest absolute Gasteiger partial charge is 0.124 e. The van der Waals surface area contributed by atoms with Gasteiger partial charge in [-0.2, -0.15) is 0 Å². The fraction of sp³-hybridized carbons (Fsp3) is 0.0588. The van der Waals surface area contributed by atoms with Crippen LogP contribution in [0.3, 0.4) is 0 Å². The summed E-state index contributed by atoms with van der Waals surface area (Å²) in [4.78, 5) is 0. The number of fused-ring (bicyclic) bond motifs is 5. The predicted octanol–water partition coefficient (Wildman–Crippen LogP) is 1.79. The Bertz CT molecular complexity index is 905. The van der Waals surface area contributed by atoms with E-state index in [1.807, 2.05) is 18.2 Å². The lowest BCUT2D eigenvalue weighted by Gasteiger charge is -2.17. The van der Waals surface area contributed by atoms with Gasteiger partial charge in [0.1, 0.15) is 17.3 Å². The van der Waals surface area contributed by atoms with Gasteiger partial charge in [-0.1, -0.05) is 12.1 Å². The number of allylic oxidation sites excluding steroid dienone is 1. The minimum absolute atomic E-state index is 0.150. The number of hydrogen-bond acceptors (Lipinski definition) is 3. The second-order valence-corrected chi connectivity index (χ2v) is 5.11. The third-order valence-electron chi connectivity index (χ3n) is 3.95. The number of rotatable bonds is 0. The van der Waals surface area contributed by atoms with Crippen LogP contribution in [-0.2, 0) is 6.42 Å². The van der Waals surface area contributed by atoms with Gasteiger partial charge in [0.25, 0.3) is 0 Å². The molecule has 0 atom stereocenters. The Morgan fingerprint density at radius 2 is 1.70 bits per heavy atom. The van der Waals surface area contributed by atoms with E-state index in [4.69, 9.17) is 0 Å². The second-order valence-electron chi connectivity index (χ2n) is 5.11. The molecule has 0 bridgehead atoms. The Kier molecular flexibility index (Phi) is 2.05. The van der Waals surface area contributed by atoms with Crippen LogP contribution in [0.1, 0.15) is 11.1 Å². The van der Waals surface area contributed by atoms with Gasteiger partial charge in [0, 0.05) is 11.1 Å². The van der Waals surface area contributed by atoms with Gasteiger partial charge in [-0.15, -0.1) is 0 Å². The standard InChI is InChI=1S/C17H12O3/c18-10-2-4-11-9(7-10)1-3-13-12-5-6-15(19)14(12)8-16(20)17(11)13/h2-8,18-20H,1H2. The number of phenolic OH excluding ortho intramolecular Hbond substituents is 2. The molecule has 2 aliphatic carbocycles. The second kappa shape index (κ2) is 3.67. The molecule has 0 amide bonds. The summed E-state index contributed by atoms with van der Waals surface area (Å²) in [6.07, 6.45) is 6.23. The Morgan fingerprint density at radius 1 is 0.850 bits per heavy atom. The van der Waals surface area contributed by atoms with Crippen molar-refractivity contribution in [3.8, 4) is 22.6 Å². The van der Waals surface area contributed by atoms with Crippen molar-refractivity contribution >= 4 is 17.9 Å². The summed E-state index contributed by atoms with van der Waals surface area (Å²) in [7, 11) is 0. The quantitative estimate of drug-likeness (QED) is 0.680. The highest BCUT2D eigenvalue weighted by Crippen LogP contribution is 2.34. The molecule has 3 heteroatoms. The van der Waals surface area contributed by atoms with Gasteiger partial charge < -0.3 is 15.3 Å². The van der Waals surface area contributed by atoms with Gasteiger partial charge in [-0.05, 0) is 58.3 Å². The van der Waals surface area contributed by atoms with Crippen LogP contribution in [0.15, 0.2) is 30.3 Å². The summed E-state index contributed by atoms with van der Waals surface area (Å²) in [6, 6.07) is 6.77. The molecule has 0 heterocycles. The number of phenols is 2. The first-order valence-electron chi connectivity index (χ1n) is 6.45. The van der Waals surface area contributed by atoms with Crippen LogP contribution < -0.4 is 10.4 Å². The van der Waals surface area contributed by atoms with Gasteiger partial charge >= 0.3 is 0 Å². The molecule has 0 aliphatic heterocycles. The van der Waals surface area contributed by atoms with Gasteiger partial charge in [-0.3, -0.25) is 0 Å². The van der Waals surface area contributed by atoms with Gasteiger partial charge in [0.15, 0.2) is 0 Å². The Labute approximate surface area is 115 Å². The topological polar surface area (TPSA) is 60.7 Å². The van der Waals surface area contributed by atoms with E-state index in [-0.39, 0.29) is 17.3 Å². The van der Waals surface area contributed by atoms with Gasteiger partial charge in [-0.25, -0.2) is 0 Å². The van der Waals surface area contributed by atoms with Crippen molar-refractivity contribution in [1.82, 2.24) is 0 Å². The maximum absolute atomic E-state index is 10.3. The van der Waals surface area contributed by atoms with E-state index < -0.39 is 0 Å². The van der Waals surface area contributed by atoms with Gasteiger partial charge in [0.05, 0.1) is 0 Å². The van der Waals surface area contributed by atoms with Crippen LogP contribution in [-0.4, -0.2) is 15.3 Å². The molecule has 0 unspecified atom stereocenters. The minimum atomic E-state index is 0.150. The van der Waals surface area contributed by atoms with Crippen molar-refractivity contribution in [2.24, 2.45) is 0 Å². The maximum Gasteiger partial charge on any atom is 0.124 e. The Hall–Kier alpha value is -2.68. The molecular weight excluding hydrogens is 252 g/mol. The average Bonchev–Trinajstić information content (AvgIpc) is 2.80. The van der Waals surface area contributed by atoms with E-state index in [9.17, 15) is 15.3 Å². The third-order valence-corrected chi connectivity index (χ3v) is 3.95. The molecule has 0 aromatic heterocycles. The van der Waals surface area contributed by atoms with Crippen LogP contribution >= 0.6 is 0 Å². The zero-order chi connectivity index (χ0) is 13.9. The third kappa shape index (κ3) is 1.35. The number of aromatic hydroxyl groups is 2. The highest BCUT2D eigenvalue weighted by atomic mass is 16.3. The van der Waals surface area contributed by atoms with Crippen molar-refractivity contribution in [3.63, 3.8) is 0 Å². The first-order chi connectivity index (χ1) is 9.65. The van der Waals surface area contributed by atoms with Crippen molar-refractivity contribution in [1.29, 1.82) is 0 Å². The zero-order valence-corrected chi connectivity index (χ0v) is 10.6. The number of benzene rings is 2. The lowest BCUT2D eigenvalue weighted by Crippen LogP contribution is -2.31. The van der Waals surface area contributed by atoms with Crippen molar-refractivity contribution in [2.45, 2.75) is 6.42 Å². The molecule has 98 valence electrons. The van der Waals surface area contributed by atoms with Crippen LogP contribution in [0.4, 0.5) is 0 Å². The molecule has 20 heavy (non-hydrogen) atoms. The fourth-order valence-corrected chi connectivity index (χ4v) is 3.05. The number of hydrogen-bond donors (Lipinski definition) is 3. The van der Waals surface area contributed by atoms with Crippen LogP contribution in [0, 0.1) is 0 Å².